The van der Waals surface area contributed by atoms with Gasteiger partial charge in [0, 0.05) is 19.3 Å². The van der Waals surface area contributed by atoms with Gasteiger partial charge in [0.2, 0.25) is 0 Å². The third-order valence-corrected chi connectivity index (χ3v) is 3.10. The van der Waals surface area contributed by atoms with Gasteiger partial charge in [-0.3, -0.25) is 0 Å². The highest BCUT2D eigenvalue weighted by atomic mass is 16.5. The summed E-state index contributed by atoms with van der Waals surface area (Å²) >= 11 is 0. The lowest BCUT2D eigenvalue weighted by molar-refractivity contribution is -0.488. The lowest BCUT2D eigenvalue weighted by Gasteiger charge is -2.09. The van der Waals surface area contributed by atoms with E-state index in [9.17, 15) is 10.0 Å². The van der Waals surface area contributed by atoms with Crippen LogP contribution in [0.15, 0.2) is 30.3 Å². The van der Waals surface area contributed by atoms with Crippen LogP contribution in [0.5, 0.6) is 0 Å². The second kappa shape index (κ2) is 6.31. The lowest BCUT2D eigenvalue weighted by atomic mass is 10.1. The summed E-state index contributed by atoms with van der Waals surface area (Å²) in [6.45, 7) is 0.510. The summed E-state index contributed by atoms with van der Waals surface area (Å²) < 4.78 is 6.61. The molecule has 1 aliphatic rings. The maximum atomic E-state index is 11.6. The number of benzene rings is 1. The molecule has 18 heavy (non-hydrogen) atoms. The van der Waals surface area contributed by atoms with Crippen LogP contribution in [-0.4, -0.2) is 29.4 Å². The van der Waals surface area contributed by atoms with Gasteiger partial charge in [-0.1, -0.05) is 30.3 Å². The number of carbonyl (C=O) groups excluding carboxylic acids is 1. The van der Waals surface area contributed by atoms with E-state index in [1.165, 1.54) is 0 Å². The normalized spacial score (nSPS) is 22.8. The number of hydroxylamine groups is 1. The molecule has 0 unspecified atom stereocenters. The fourth-order valence-corrected chi connectivity index (χ4v) is 2.11. The lowest BCUT2D eigenvalue weighted by Crippen LogP contribution is -2.17. The Labute approximate surface area is 106 Å². The van der Waals surface area contributed by atoms with Gasteiger partial charge in [-0.15, -0.1) is 0 Å². The fourth-order valence-electron chi connectivity index (χ4n) is 2.11. The number of hydrogen-bond donors (Lipinski definition) is 0. The molecule has 0 saturated carbocycles. The first-order valence-electron chi connectivity index (χ1n) is 6.19. The molecule has 2 atom stereocenters. The van der Waals surface area contributed by atoms with Crippen LogP contribution in [0.1, 0.15) is 24.8 Å². The Kier molecular flexibility index (Phi) is 4.47. The molecule has 1 aromatic carbocycles. The molecule has 0 bridgehead atoms. The molecular weight excluding hydrogens is 230 g/mol. The molecule has 1 aromatic rings. The fraction of sp³-hybridized carbons (Fsp3) is 0.429. The highest BCUT2D eigenvalue weighted by Gasteiger charge is 2.30. The van der Waals surface area contributed by atoms with Gasteiger partial charge in [-0.2, -0.15) is 0 Å². The van der Waals surface area contributed by atoms with Gasteiger partial charge in [0.1, 0.15) is 12.4 Å². The van der Waals surface area contributed by atoms with Crippen molar-refractivity contribution < 1.29 is 14.3 Å². The van der Waals surface area contributed by atoms with Crippen molar-refractivity contribution in [3.63, 3.8) is 0 Å². The number of hydrogen-bond acceptors (Lipinski definition) is 3. The first-order valence-corrected chi connectivity index (χ1v) is 6.19. The van der Waals surface area contributed by atoms with E-state index < -0.39 is 0 Å². The largest absolute Gasteiger partial charge is 0.624 e. The van der Waals surface area contributed by atoms with Crippen molar-refractivity contribution >= 4 is 12.5 Å². The molecule has 0 fully saturated rings. The maximum absolute atomic E-state index is 11.6. The van der Waals surface area contributed by atoms with Gasteiger partial charge in [-0.05, 0) is 5.56 Å². The molecule has 1 heterocycles. The summed E-state index contributed by atoms with van der Waals surface area (Å²) in [5.74, 6) is 0. The molecule has 1 aliphatic heterocycles. The van der Waals surface area contributed by atoms with Gasteiger partial charge in [0.25, 0.3) is 0 Å². The third-order valence-electron chi connectivity index (χ3n) is 3.10. The number of carbonyl (C=O) groups is 1. The Balaban J connectivity index is 1.80. The average molecular weight is 247 g/mol. The number of ether oxygens (including phenoxy) is 1. The molecule has 0 amide bonds. The van der Waals surface area contributed by atoms with E-state index in [0.717, 1.165) is 16.6 Å². The second-order valence-corrected chi connectivity index (χ2v) is 4.48. The molecule has 0 spiro atoms. The first-order chi connectivity index (χ1) is 8.79. The minimum atomic E-state index is -0.139. The predicted octanol–water partition coefficient (Wildman–Crippen LogP) is 1.90. The van der Waals surface area contributed by atoms with Gasteiger partial charge in [-0.25, -0.2) is 4.74 Å². The maximum Gasteiger partial charge on any atom is 0.180 e. The zero-order chi connectivity index (χ0) is 12.8. The third kappa shape index (κ3) is 3.40. The van der Waals surface area contributed by atoms with Crippen LogP contribution in [-0.2, 0) is 16.1 Å². The van der Waals surface area contributed by atoms with Crippen molar-refractivity contribution in [3.8, 4) is 0 Å². The van der Waals surface area contributed by atoms with Crippen LogP contribution < -0.4 is 0 Å². The molecule has 2 rings (SSSR count). The highest BCUT2D eigenvalue weighted by molar-refractivity contribution is 5.59. The monoisotopic (exact) mass is 247 g/mol. The molecule has 0 saturated heterocycles. The average Bonchev–Trinajstić information content (AvgIpc) is 2.76. The van der Waals surface area contributed by atoms with Crippen molar-refractivity contribution in [1.82, 2.24) is 0 Å². The molecule has 0 N–H and O–H groups in total. The van der Waals surface area contributed by atoms with Crippen molar-refractivity contribution in [1.29, 1.82) is 0 Å². The molecule has 0 aromatic heterocycles. The molecule has 0 aliphatic carbocycles. The molecule has 96 valence electrons. The van der Waals surface area contributed by atoms with Crippen LogP contribution >= 0.6 is 0 Å². The Bertz CT molecular complexity index is 416. The van der Waals surface area contributed by atoms with Crippen molar-refractivity contribution in [2.75, 3.05) is 0 Å². The van der Waals surface area contributed by atoms with Crippen molar-refractivity contribution in [2.24, 2.45) is 0 Å². The zero-order valence-corrected chi connectivity index (χ0v) is 10.2. The van der Waals surface area contributed by atoms with Crippen LogP contribution in [0.25, 0.3) is 0 Å². The van der Waals surface area contributed by atoms with E-state index in [1.54, 1.807) is 6.21 Å². The van der Waals surface area contributed by atoms with Crippen LogP contribution in [0.3, 0.4) is 0 Å². The number of nitrogens with zero attached hydrogens (tertiary/aromatic N) is 1. The molecular formula is C14H17NO3. The Morgan fingerprint density at radius 2 is 2.17 bits per heavy atom. The van der Waals surface area contributed by atoms with Crippen LogP contribution in [0.2, 0.25) is 0 Å². The summed E-state index contributed by atoms with van der Waals surface area (Å²) in [4.78, 5) is 10.3. The van der Waals surface area contributed by atoms with Gasteiger partial charge in [0.15, 0.2) is 12.3 Å². The summed E-state index contributed by atoms with van der Waals surface area (Å²) in [7, 11) is 0. The highest BCUT2D eigenvalue weighted by Crippen LogP contribution is 2.17. The van der Waals surface area contributed by atoms with Gasteiger partial charge >= 0.3 is 0 Å². The second-order valence-electron chi connectivity index (χ2n) is 4.48. The first kappa shape index (κ1) is 12.8. The van der Waals surface area contributed by atoms with Crippen LogP contribution in [0.4, 0.5) is 0 Å². The number of rotatable bonds is 6. The standard InChI is InChI=1S/C14H17NO3/c16-8-4-7-13-9-14(10-15(13)17)18-11-12-5-2-1-3-6-12/h1-3,5-6,8,10,13-14H,4,7,9,11H2/t13-,14-/m1/s1. The molecule has 0 radical (unpaired) electrons. The summed E-state index contributed by atoms with van der Waals surface area (Å²) in [6, 6.07) is 9.76. The Morgan fingerprint density at radius 3 is 2.89 bits per heavy atom. The van der Waals surface area contributed by atoms with E-state index in [4.69, 9.17) is 4.74 Å². The van der Waals surface area contributed by atoms with Gasteiger partial charge in [0.05, 0.1) is 6.61 Å². The van der Waals surface area contributed by atoms with Gasteiger partial charge < -0.3 is 14.7 Å². The minimum absolute atomic E-state index is 0.115. The van der Waals surface area contributed by atoms with E-state index in [-0.39, 0.29) is 12.1 Å². The van der Waals surface area contributed by atoms with Crippen molar-refractivity contribution in [2.45, 2.75) is 38.0 Å². The topological polar surface area (TPSA) is 52.4 Å². The van der Waals surface area contributed by atoms with Crippen LogP contribution in [0, 0.1) is 5.21 Å². The van der Waals surface area contributed by atoms with E-state index >= 15 is 0 Å². The quantitative estimate of drug-likeness (QED) is 0.438. The molecule has 4 heteroatoms. The smallest absolute Gasteiger partial charge is 0.180 e. The Hall–Kier alpha value is -1.68. The van der Waals surface area contributed by atoms with Crippen molar-refractivity contribution in [3.05, 3.63) is 41.1 Å². The van der Waals surface area contributed by atoms with E-state index in [1.807, 2.05) is 30.3 Å². The SMILES string of the molecule is O=CCC[C@@H]1C[C@@H](OCc2ccccc2)C=[N+]1[O-]. The minimum Gasteiger partial charge on any atom is -0.624 e. The summed E-state index contributed by atoms with van der Waals surface area (Å²) in [6.07, 6.45) is 3.99. The van der Waals surface area contributed by atoms with E-state index in [2.05, 4.69) is 0 Å². The summed E-state index contributed by atoms with van der Waals surface area (Å²) in [5.41, 5.74) is 1.10. The zero-order valence-electron chi connectivity index (χ0n) is 10.2. The predicted molar refractivity (Wildman–Crippen MR) is 68.4 cm³/mol. The number of aldehydes is 1. The van der Waals surface area contributed by atoms with E-state index in [0.29, 0.717) is 25.9 Å². The summed E-state index contributed by atoms with van der Waals surface area (Å²) in [5, 5.41) is 11.6. The Morgan fingerprint density at radius 1 is 1.39 bits per heavy atom. The molecule has 4 nitrogen and oxygen atoms in total.